The van der Waals surface area contributed by atoms with Gasteiger partial charge >= 0.3 is 0 Å². The van der Waals surface area contributed by atoms with Gasteiger partial charge in [-0.15, -0.1) is 0 Å². The summed E-state index contributed by atoms with van der Waals surface area (Å²) in [5, 5.41) is 8.95. The maximum atomic E-state index is 13.0. The van der Waals surface area contributed by atoms with E-state index in [0.29, 0.717) is 5.56 Å². The average Bonchev–Trinajstić information content (AvgIpc) is 2.21. The number of halogens is 1. The molecule has 2 N–H and O–H groups in total. The van der Waals surface area contributed by atoms with Crippen LogP contribution in [0.4, 0.5) is 4.39 Å². The average molecular weight is 206 g/mol. The quantitative estimate of drug-likeness (QED) is 0.808. The Morgan fingerprint density at radius 3 is 2.53 bits per heavy atom. The van der Waals surface area contributed by atoms with E-state index in [2.05, 4.69) is 6.07 Å². The molecule has 1 unspecified atom stereocenters. The number of hydrogen-bond donors (Lipinski definition) is 1. The second-order valence-electron chi connectivity index (χ2n) is 4.32. The minimum Gasteiger partial charge on any atom is -0.323 e. The Labute approximate surface area is 89.5 Å². The zero-order valence-corrected chi connectivity index (χ0v) is 9.21. The zero-order chi connectivity index (χ0) is 11.6. The predicted octanol–water partition coefficient (Wildman–Crippen LogP) is 2.68. The van der Waals surface area contributed by atoms with Gasteiger partial charge in [0, 0.05) is 6.04 Å². The summed E-state index contributed by atoms with van der Waals surface area (Å²) in [6.45, 7) is 5.23. The summed E-state index contributed by atoms with van der Waals surface area (Å²) in [5.41, 5.74) is 6.65. The maximum absolute atomic E-state index is 13.0. The van der Waals surface area contributed by atoms with Gasteiger partial charge in [0.2, 0.25) is 0 Å². The molecule has 0 fully saturated rings. The molecule has 3 heteroatoms. The van der Waals surface area contributed by atoms with Crippen LogP contribution in [0.5, 0.6) is 0 Å². The number of rotatable bonds is 2. The number of aryl methyl sites for hydroxylation is 1. The lowest BCUT2D eigenvalue weighted by Gasteiger charge is -2.24. The van der Waals surface area contributed by atoms with Crippen LogP contribution in [-0.4, -0.2) is 0 Å². The van der Waals surface area contributed by atoms with Crippen LogP contribution in [0, 0.1) is 29.5 Å². The van der Waals surface area contributed by atoms with Crippen molar-refractivity contribution in [2.24, 2.45) is 11.1 Å². The largest absolute Gasteiger partial charge is 0.323 e. The number of benzene rings is 1. The van der Waals surface area contributed by atoms with Crippen LogP contribution < -0.4 is 5.73 Å². The highest BCUT2D eigenvalue weighted by atomic mass is 19.1. The first-order chi connectivity index (χ1) is 6.88. The molecule has 0 aliphatic carbocycles. The molecule has 0 spiro atoms. The molecule has 1 atom stereocenters. The van der Waals surface area contributed by atoms with Crippen LogP contribution >= 0.6 is 0 Å². The fourth-order valence-electron chi connectivity index (χ4n) is 1.35. The van der Waals surface area contributed by atoms with E-state index in [-0.39, 0.29) is 5.82 Å². The van der Waals surface area contributed by atoms with E-state index < -0.39 is 11.5 Å². The molecule has 0 saturated heterocycles. The third-order valence-corrected chi connectivity index (χ3v) is 2.61. The molecule has 2 nitrogen and oxygen atoms in total. The van der Waals surface area contributed by atoms with Crippen molar-refractivity contribution in [1.82, 2.24) is 0 Å². The molecular formula is C12H15FN2. The normalized spacial score (nSPS) is 13.3. The maximum Gasteiger partial charge on any atom is 0.126 e. The van der Waals surface area contributed by atoms with Crippen LogP contribution in [0.2, 0.25) is 0 Å². The Kier molecular flexibility index (Phi) is 3.11. The zero-order valence-electron chi connectivity index (χ0n) is 9.21. The Morgan fingerprint density at radius 1 is 1.47 bits per heavy atom. The first kappa shape index (κ1) is 11.7. The topological polar surface area (TPSA) is 49.8 Å². The summed E-state index contributed by atoms with van der Waals surface area (Å²) >= 11 is 0. The number of nitriles is 1. The summed E-state index contributed by atoms with van der Waals surface area (Å²) in [6, 6.07) is 6.47. The van der Waals surface area contributed by atoms with Gasteiger partial charge in [0.05, 0.1) is 11.5 Å². The fourth-order valence-corrected chi connectivity index (χ4v) is 1.35. The second-order valence-corrected chi connectivity index (χ2v) is 4.32. The fraction of sp³-hybridized carbons (Fsp3) is 0.417. The van der Waals surface area contributed by atoms with Gasteiger partial charge < -0.3 is 5.73 Å². The molecule has 1 aromatic rings. The number of hydrogen-bond acceptors (Lipinski definition) is 2. The number of nitrogens with two attached hydrogens (primary N) is 1. The molecule has 0 amide bonds. The molecule has 0 aliphatic rings. The van der Waals surface area contributed by atoms with E-state index in [1.807, 2.05) is 0 Å². The Balaban J connectivity index is 3.08. The highest BCUT2D eigenvalue weighted by Crippen LogP contribution is 2.30. The van der Waals surface area contributed by atoms with Crippen molar-refractivity contribution in [3.63, 3.8) is 0 Å². The van der Waals surface area contributed by atoms with Gasteiger partial charge in [0.15, 0.2) is 0 Å². The van der Waals surface area contributed by atoms with Crippen molar-refractivity contribution in [3.8, 4) is 6.07 Å². The van der Waals surface area contributed by atoms with Crippen LogP contribution in [-0.2, 0) is 0 Å². The van der Waals surface area contributed by atoms with Crippen molar-refractivity contribution < 1.29 is 4.39 Å². The van der Waals surface area contributed by atoms with Gasteiger partial charge in [-0.25, -0.2) is 4.39 Å². The predicted molar refractivity (Wildman–Crippen MR) is 57.5 cm³/mol. The molecule has 15 heavy (non-hydrogen) atoms. The van der Waals surface area contributed by atoms with Crippen molar-refractivity contribution in [2.75, 3.05) is 0 Å². The van der Waals surface area contributed by atoms with Crippen LogP contribution in [0.1, 0.15) is 31.0 Å². The van der Waals surface area contributed by atoms with Crippen LogP contribution in [0.3, 0.4) is 0 Å². The third-order valence-electron chi connectivity index (χ3n) is 2.61. The van der Waals surface area contributed by atoms with Gasteiger partial charge in [0.1, 0.15) is 5.82 Å². The smallest absolute Gasteiger partial charge is 0.126 e. The Hall–Kier alpha value is -1.40. The molecule has 0 radical (unpaired) electrons. The van der Waals surface area contributed by atoms with E-state index in [4.69, 9.17) is 11.0 Å². The van der Waals surface area contributed by atoms with Gasteiger partial charge in [0.25, 0.3) is 0 Å². The minimum absolute atomic E-state index is 0.249. The lowest BCUT2D eigenvalue weighted by molar-refractivity contribution is 0.393. The lowest BCUT2D eigenvalue weighted by atomic mass is 9.82. The van der Waals surface area contributed by atoms with E-state index in [1.54, 1.807) is 32.9 Å². The highest BCUT2D eigenvalue weighted by molar-refractivity contribution is 5.28. The van der Waals surface area contributed by atoms with E-state index >= 15 is 0 Å². The van der Waals surface area contributed by atoms with Crippen LogP contribution in [0.15, 0.2) is 18.2 Å². The van der Waals surface area contributed by atoms with Gasteiger partial charge in [-0.3, -0.25) is 0 Å². The summed E-state index contributed by atoms with van der Waals surface area (Å²) in [4.78, 5) is 0. The first-order valence-corrected chi connectivity index (χ1v) is 4.81. The Bertz CT molecular complexity index is 405. The SMILES string of the molecule is Cc1cc(C(N)C(C)(C)C#N)ccc1F. The van der Waals surface area contributed by atoms with Crippen LogP contribution in [0.25, 0.3) is 0 Å². The third kappa shape index (κ3) is 2.34. The standard InChI is InChI=1S/C12H15FN2/c1-8-6-9(4-5-10(8)13)11(15)12(2,3)7-14/h4-6,11H,15H2,1-3H3. The van der Waals surface area contributed by atoms with Gasteiger partial charge in [-0.1, -0.05) is 12.1 Å². The molecule has 1 rings (SSSR count). The van der Waals surface area contributed by atoms with Crippen molar-refractivity contribution >= 4 is 0 Å². The molecule has 80 valence electrons. The van der Waals surface area contributed by atoms with Crippen molar-refractivity contribution in [2.45, 2.75) is 26.8 Å². The molecule has 0 saturated carbocycles. The molecule has 0 aromatic heterocycles. The van der Waals surface area contributed by atoms with Gasteiger partial charge in [-0.05, 0) is 38.0 Å². The van der Waals surface area contributed by atoms with Crippen molar-refractivity contribution in [1.29, 1.82) is 5.26 Å². The van der Waals surface area contributed by atoms with E-state index in [9.17, 15) is 4.39 Å². The monoisotopic (exact) mass is 206 g/mol. The Morgan fingerprint density at radius 2 is 2.07 bits per heavy atom. The first-order valence-electron chi connectivity index (χ1n) is 4.81. The van der Waals surface area contributed by atoms with Crippen molar-refractivity contribution in [3.05, 3.63) is 35.1 Å². The molecule has 1 aromatic carbocycles. The lowest BCUT2D eigenvalue weighted by Crippen LogP contribution is -2.27. The van der Waals surface area contributed by atoms with E-state index in [1.165, 1.54) is 6.07 Å². The molecule has 0 bridgehead atoms. The number of nitrogens with zero attached hydrogens (tertiary/aromatic N) is 1. The molecule has 0 aliphatic heterocycles. The van der Waals surface area contributed by atoms with Gasteiger partial charge in [-0.2, -0.15) is 5.26 Å². The molecule has 0 heterocycles. The minimum atomic E-state index is -0.649. The van der Waals surface area contributed by atoms with E-state index in [0.717, 1.165) is 5.56 Å². The summed E-state index contributed by atoms with van der Waals surface area (Å²) in [6.07, 6.45) is 0. The summed E-state index contributed by atoms with van der Waals surface area (Å²) < 4.78 is 13.0. The molecular weight excluding hydrogens is 191 g/mol. The highest BCUT2D eigenvalue weighted by Gasteiger charge is 2.27. The second kappa shape index (κ2) is 4.00. The summed E-state index contributed by atoms with van der Waals surface area (Å²) in [5.74, 6) is -0.249. The summed E-state index contributed by atoms with van der Waals surface area (Å²) in [7, 11) is 0.